The monoisotopic (exact) mass is 285 g/mol. The molecule has 0 aliphatic carbocycles. The van der Waals surface area contributed by atoms with E-state index in [2.05, 4.69) is 10.1 Å². The molecule has 2 aromatic heterocycles. The minimum Gasteiger partial charge on any atom is -0.290 e. The summed E-state index contributed by atoms with van der Waals surface area (Å²) < 4.78 is 1.42. The standard InChI is InChI=1S/C15H12ClN3O/c1-10-13(11-6-3-2-4-7-11)18-19(15(10)20)12-8-5-9-17-14(12)16/h2-9,18H,1H3. The van der Waals surface area contributed by atoms with Gasteiger partial charge in [0.2, 0.25) is 0 Å². The fraction of sp³-hybridized carbons (Fsp3) is 0.0667. The number of nitrogens with one attached hydrogen (secondary N) is 1. The van der Waals surface area contributed by atoms with Crippen LogP contribution in [0.2, 0.25) is 5.15 Å². The third-order valence-electron chi connectivity index (χ3n) is 3.17. The second kappa shape index (κ2) is 4.98. The Hall–Kier alpha value is -2.33. The zero-order valence-corrected chi connectivity index (χ0v) is 11.6. The van der Waals surface area contributed by atoms with Crippen molar-refractivity contribution in [3.63, 3.8) is 0 Å². The van der Waals surface area contributed by atoms with E-state index in [0.717, 1.165) is 11.3 Å². The summed E-state index contributed by atoms with van der Waals surface area (Å²) in [4.78, 5) is 16.4. The van der Waals surface area contributed by atoms with Gasteiger partial charge in [-0.15, -0.1) is 0 Å². The highest BCUT2D eigenvalue weighted by atomic mass is 35.5. The summed E-state index contributed by atoms with van der Waals surface area (Å²) in [7, 11) is 0. The van der Waals surface area contributed by atoms with E-state index in [-0.39, 0.29) is 10.7 Å². The summed E-state index contributed by atoms with van der Waals surface area (Å²) in [6.45, 7) is 1.79. The van der Waals surface area contributed by atoms with Crippen LogP contribution in [0.4, 0.5) is 0 Å². The molecular formula is C15H12ClN3O. The van der Waals surface area contributed by atoms with E-state index in [1.807, 2.05) is 30.3 Å². The molecule has 1 aromatic carbocycles. The maximum atomic E-state index is 12.4. The molecule has 1 N–H and O–H groups in total. The molecule has 2 heterocycles. The molecule has 3 aromatic rings. The average molecular weight is 286 g/mol. The second-order valence-corrected chi connectivity index (χ2v) is 4.79. The molecule has 0 fully saturated rings. The average Bonchev–Trinajstić information content (AvgIpc) is 2.77. The summed E-state index contributed by atoms with van der Waals surface area (Å²) in [6.07, 6.45) is 1.59. The molecule has 0 bridgehead atoms. The second-order valence-electron chi connectivity index (χ2n) is 4.43. The van der Waals surface area contributed by atoms with Gasteiger partial charge in [-0.05, 0) is 24.6 Å². The van der Waals surface area contributed by atoms with Gasteiger partial charge in [0.15, 0.2) is 5.15 Å². The van der Waals surface area contributed by atoms with Crippen molar-refractivity contribution >= 4 is 11.6 Å². The van der Waals surface area contributed by atoms with Crippen LogP contribution in [0, 0.1) is 6.92 Å². The highest BCUT2D eigenvalue weighted by molar-refractivity contribution is 6.31. The predicted octanol–water partition coefficient (Wildman–Crippen LogP) is 3.19. The van der Waals surface area contributed by atoms with Crippen molar-refractivity contribution in [1.82, 2.24) is 14.8 Å². The van der Waals surface area contributed by atoms with Crippen LogP contribution in [0.15, 0.2) is 53.5 Å². The topological polar surface area (TPSA) is 50.7 Å². The van der Waals surface area contributed by atoms with Crippen LogP contribution in [-0.2, 0) is 0 Å². The fourth-order valence-electron chi connectivity index (χ4n) is 2.12. The molecule has 0 saturated heterocycles. The van der Waals surface area contributed by atoms with E-state index in [0.29, 0.717) is 11.3 Å². The minimum absolute atomic E-state index is 0.126. The van der Waals surface area contributed by atoms with Crippen LogP contribution in [0.25, 0.3) is 16.9 Å². The van der Waals surface area contributed by atoms with Gasteiger partial charge in [0.05, 0.1) is 5.69 Å². The largest absolute Gasteiger partial charge is 0.290 e. The van der Waals surface area contributed by atoms with E-state index in [4.69, 9.17) is 11.6 Å². The molecule has 5 heteroatoms. The van der Waals surface area contributed by atoms with Gasteiger partial charge in [0.1, 0.15) is 5.69 Å². The molecule has 20 heavy (non-hydrogen) atoms. The first-order valence-electron chi connectivity index (χ1n) is 6.16. The maximum absolute atomic E-state index is 12.4. The summed E-state index contributed by atoms with van der Waals surface area (Å²) in [5.41, 5.74) is 2.82. The van der Waals surface area contributed by atoms with E-state index >= 15 is 0 Å². The van der Waals surface area contributed by atoms with Crippen LogP contribution >= 0.6 is 11.6 Å². The van der Waals surface area contributed by atoms with E-state index in [1.165, 1.54) is 4.68 Å². The Balaban J connectivity index is 2.22. The van der Waals surface area contributed by atoms with Gasteiger partial charge in [0, 0.05) is 11.8 Å². The molecule has 0 radical (unpaired) electrons. The quantitative estimate of drug-likeness (QED) is 0.735. The highest BCUT2D eigenvalue weighted by Gasteiger charge is 2.14. The fourth-order valence-corrected chi connectivity index (χ4v) is 2.32. The van der Waals surface area contributed by atoms with Crippen LogP contribution in [-0.4, -0.2) is 14.8 Å². The lowest BCUT2D eigenvalue weighted by Gasteiger charge is -2.03. The first kappa shape index (κ1) is 12.7. The number of nitrogens with zero attached hydrogens (tertiary/aromatic N) is 2. The summed E-state index contributed by atoms with van der Waals surface area (Å²) in [5.74, 6) is 0. The number of aromatic amines is 1. The number of halogens is 1. The lowest BCUT2D eigenvalue weighted by Crippen LogP contribution is -2.16. The molecule has 100 valence electrons. The van der Waals surface area contributed by atoms with Crippen molar-refractivity contribution in [2.75, 3.05) is 0 Å². The Kier molecular flexibility index (Phi) is 3.16. The Labute approximate surface area is 120 Å². The predicted molar refractivity (Wildman–Crippen MR) is 79.4 cm³/mol. The van der Waals surface area contributed by atoms with Gasteiger partial charge in [-0.2, -0.15) is 0 Å². The van der Waals surface area contributed by atoms with Crippen molar-refractivity contribution in [2.45, 2.75) is 6.92 Å². The van der Waals surface area contributed by atoms with Crippen molar-refractivity contribution in [3.05, 3.63) is 69.7 Å². The van der Waals surface area contributed by atoms with Crippen molar-refractivity contribution in [3.8, 4) is 16.9 Å². The Morgan fingerprint density at radius 2 is 1.90 bits per heavy atom. The SMILES string of the molecule is Cc1c(-c2ccccc2)[nH]n(-c2cccnc2Cl)c1=O. The number of aromatic nitrogens is 3. The molecule has 0 aliphatic heterocycles. The van der Waals surface area contributed by atoms with Crippen LogP contribution in [0.5, 0.6) is 0 Å². The van der Waals surface area contributed by atoms with Crippen LogP contribution < -0.4 is 5.56 Å². The third-order valence-corrected chi connectivity index (χ3v) is 3.46. The number of pyridine rings is 1. The zero-order chi connectivity index (χ0) is 14.1. The van der Waals surface area contributed by atoms with Crippen molar-refractivity contribution in [2.24, 2.45) is 0 Å². The first-order valence-corrected chi connectivity index (χ1v) is 6.54. The molecule has 3 rings (SSSR count). The smallest absolute Gasteiger partial charge is 0.274 e. The van der Waals surface area contributed by atoms with Gasteiger partial charge in [-0.25, -0.2) is 9.67 Å². The Morgan fingerprint density at radius 1 is 1.15 bits per heavy atom. The summed E-state index contributed by atoms with van der Waals surface area (Å²) >= 11 is 6.05. The van der Waals surface area contributed by atoms with E-state index in [1.54, 1.807) is 25.3 Å². The van der Waals surface area contributed by atoms with Crippen LogP contribution in [0.1, 0.15) is 5.56 Å². The summed E-state index contributed by atoms with van der Waals surface area (Å²) in [6, 6.07) is 13.2. The molecule has 0 amide bonds. The van der Waals surface area contributed by atoms with Gasteiger partial charge in [0.25, 0.3) is 5.56 Å². The number of rotatable bonds is 2. The van der Waals surface area contributed by atoms with Crippen LogP contribution in [0.3, 0.4) is 0 Å². The molecule has 0 atom stereocenters. The van der Waals surface area contributed by atoms with Crippen molar-refractivity contribution < 1.29 is 0 Å². The molecular weight excluding hydrogens is 274 g/mol. The molecule has 0 spiro atoms. The van der Waals surface area contributed by atoms with Gasteiger partial charge < -0.3 is 0 Å². The molecule has 4 nitrogen and oxygen atoms in total. The number of benzene rings is 1. The zero-order valence-electron chi connectivity index (χ0n) is 10.8. The first-order chi connectivity index (χ1) is 9.68. The van der Waals surface area contributed by atoms with E-state index in [9.17, 15) is 4.79 Å². The Morgan fingerprint density at radius 3 is 2.60 bits per heavy atom. The minimum atomic E-state index is -0.126. The summed E-state index contributed by atoms with van der Waals surface area (Å²) in [5, 5.41) is 3.39. The highest BCUT2D eigenvalue weighted by Crippen LogP contribution is 2.21. The lowest BCUT2D eigenvalue weighted by atomic mass is 10.1. The number of hydrogen-bond donors (Lipinski definition) is 1. The van der Waals surface area contributed by atoms with Gasteiger partial charge >= 0.3 is 0 Å². The lowest BCUT2D eigenvalue weighted by molar-refractivity contribution is 0.845. The molecule has 0 unspecified atom stereocenters. The number of H-pyrrole nitrogens is 1. The van der Waals surface area contributed by atoms with E-state index < -0.39 is 0 Å². The third kappa shape index (κ3) is 2.04. The molecule has 0 saturated carbocycles. The maximum Gasteiger partial charge on any atom is 0.274 e. The van der Waals surface area contributed by atoms with Gasteiger partial charge in [-0.1, -0.05) is 41.9 Å². The van der Waals surface area contributed by atoms with Crippen molar-refractivity contribution in [1.29, 1.82) is 0 Å². The molecule has 0 aliphatic rings. The Bertz CT molecular complexity index is 805. The normalized spacial score (nSPS) is 10.7. The van der Waals surface area contributed by atoms with Gasteiger partial charge in [-0.3, -0.25) is 9.89 Å². The number of hydrogen-bond acceptors (Lipinski definition) is 2.